The molecule has 0 saturated carbocycles. The molecule has 6 nitrogen and oxygen atoms in total. The fourth-order valence-corrected chi connectivity index (χ4v) is 2.66. The molecular weight excluding hydrogens is 252 g/mol. The van der Waals surface area contributed by atoms with Gasteiger partial charge in [-0.2, -0.15) is 15.1 Å². The summed E-state index contributed by atoms with van der Waals surface area (Å²) in [6, 6.07) is 0. The van der Waals surface area contributed by atoms with Gasteiger partial charge in [0, 0.05) is 19.6 Å². The molecule has 20 heavy (non-hydrogen) atoms. The first kappa shape index (κ1) is 13.1. The van der Waals surface area contributed by atoms with Gasteiger partial charge in [0.25, 0.3) is 0 Å². The lowest BCUT2D eigenvalue weighted by Crippen LogP contribution is -2.25. The predicted molar refractivity (Wildman–Crippen MR) is 81.1 cm³/mol. The van der Waals surface area contributed by atoms with E-state index in [-0.39, 0.29) is 0 Å². The Morgan fingerprint density at radius 1 is 1.20 bits per heavy atom. The monoisotopic (exact) mass is 274 g/mol. The topological polar surface area (TPSA) is 69.7 Å². The normalized spacial score (nSPS) is 16.4. The van der Waals surface area contributed by atoms with Crippen LogP contribution in [-0.2, 0) is 0 Å². The number of rotatable bonds is 4. The number of H-pyrrole nitrogens is 1. The molecule has 108 valence electrons. The van der Waals surface area contributed by atoms with Gasteiger partial charge >= 0.3 is 0 Å². The SMILES string of the molecule is CCCNc1nc(N2CCCCCC2)c2cn[nH]c2n1. The van der Waals surface area contributed by atoms with E-state index in [1.165, 1.54) is 25.7 Å². The Labute approximate surface area is 119 Å². The van der Waals surface area contributed by atoms with Crippen molar-refractivity contribution in [3.05, 3.63) is 6.20 Å². The maximum Gasteiger partial charge on any atom is 0.226 e. The fourth-order valence-electron chi connectivity index (χ4n) is 2.66. The van der Waals surface area contributed by atoms with Crippen molar-refractivity contribution in [3.8, 4) is 0 Å². The summed E-state index contributed by atoms with van der Waals surface area (Å²) in [5.74, 6) is 1.71. The zero-order chi connectivity index (χ0) is 13.8. The van der Waals surface area contributed by atoms with Crippen molar-refractivity contribution in [2.24, 2.45) is 0 Å². The molecular formula is C14H22N6. The van der Waals surface area contributed by atoms with Gasteiger partial charge in [0.2, 0.25) is 5.95 Å². The van der Waals surface area contributed by atoms with Gasteiger partial charge in [-0.15, -0.1) is 0 Å². The second kappa shape index (κ2) is 6.07. The highest BCUT2D eigenvalue weighted by Crippen LogP contribution is 2.26. The summed E-state index contributed by atoms with van der Waals surface area (Å²) in [5.41, 5.74) is 0.817. The van der Waals surface area contributed by atoms with Crippen molar-refractivity contribution in [3.63, 3.8) is 0 Å². The molecule has 0 radical (unpaired) electrons. The molecule has 0 aromatic carbocycles. The number of hydrogen-bond donors (Lipinski definition) is 2. The first-order chi connectivity index (χ1) is 9.88. The summed E-state index contributed by atoms with van der Waals surface area (Å²) in [4.78, 5) is 11.6. The van der Waals surface area contributed by atoms with E-state index in [4.69, 9.17) is 4.98 Å². The third-order valence-corrected chi connectivity index (χ3v) is 3.73. The average molecular weight is 274 g/mol. The lowest BCUT2D eigenvalue weighted by Gasteiger charge is -2.22. The van der Waals surface area contributed by atoms with Crippen LogP contribution in [0, 0.1) is 0 Å². The minimum atomic E-state index is 0.697. The van der Waals surface area contributed by atoms with E-state index in [1.807, 2.05) is 6.20 Å². The Balaban J connectivity index is 1.95. The second-order valence-electron chi connectivity index (χ2n) is 5.33. The summed E-state index contributed by atoms with van der Waals surface area (Å²) < 4.78 is 0. The van der Waals surface area contributed by atoms with E-state index in [1.54, 1.807) is 0 Å². The van der Waals surface area contributed by atoms with Crippen LogP contribution in [0.3, 0.4) is 0 Å². The van der Waals surface area contributed by atoms with E-state index >= 15 is 0 Å². The molecule has 0 spiro atoms. The van der Waals surface area contributed by atoms with Crippen molar-refractivity contribution in [2.75, 3.05) is 29.9 Å². The van der Waals surface area contributed by atoms with Crippen LogP contribution in [0.4, 0.5) is 11.8 Å². The van der Waals surface area contributed by atoms with Crippen LogP contribution in [0.15, 0.2) is 6.20 Å². The van der Waals surface area contributed by atoms with Gasteiger partial charge in [-0.3, -0.25) is 5.10 Å². The molecule has 1 saturated heterocycles. The van der Waals surface area contributed by atoms with Crippen molar-refractivity contribution in [1.82, 2.24) is 20.2 Å². The number of fused-ring (bicyclic) bond motifs is 1. The van der Waals surface area contributed by atoms with Crippen LogP contribution in [-0.4, -0.2) is 39.8 Å². The zero-order valence-electron chi connectivity index (χ0n) is 12.0. The Kier molecular flexibility index (Phi) is 3.99. The van der Waals surface area contributed by atoms with Crippen molar-refractivity contribution in [2.45, 2.75) is 39.0 Å². The highest BCUT2D eigenvalue weighted by Gasteiger charge is 2.17. The predicted octanol–water partition coefficient (Wildman–Crippen LogP) is 2.56. The standard InChI is InChI=1S/C14H22N6/c1-2-7-15-14-17-12-11(10-16-19-12)13(18-14)20-8-5-3-4-6-9-20/h10H,2-9H2,1H3,(H2,15,16,17,18,19). The fraction of sp³-hybridized carbons (Fsp3) is 0.643. The first-order valence-corrected chi connectivity index (χ1v) is 7.58. The number of hydrogen-bond acceptors (Lipinski definition) is 5. The smallest absolute Gasteiger partial charge is 0.226 e. The van der Waals surface area contributed by atoms with Crippen LogP contribution in [0.2, 0.25) is 0 Å². The maximum absolute atomic E-state index is 4.72. The minimum Gasteiger partial charge on any atom is -0.356 e. The quantitative estimate of drug-likeness (QED) is 0.896. The highest BCUT2D eigenvalue weighted by molar-refractivity contribution is 5.87. The molecule has 3 rings (SSSR count). The van der Waals surface area contributed by atoms with Gasteiger partial charge in [0.05, 0.1) is 11.6 Å². The third kappa shape index (κ3) is 2.69. The average Bonchev–Trinajstić information content (AvgIpc) is 2.77. The van der Waals surface area contributed by atoms with Crippen molar-refractivity contribution in [1.29, 1.82) is 0 Å². The Bertz CT molecular complexity index is 556. The van der Waals surface area contributed by atoms with Crippen LogP contribution in [0.5, 0.6) is 0 Å². The van der Waals surface area contributed by atoms with Gasteiger partial charge in [-0.25, -0.2) is 0 Å². The first-order valence-electron chi connectivity index (χ1n) is 7.58. The molecule has 0 unspecified atom stereocenters. The van der Waals surface area contributed by atoms with E-state index in [2.05, 4.69) is 32.3 Å². The molecule has 2 aromatic heterocycles. The van der Waals surface area contributed by atoms with Gasteiger partial charge < -0.3 is 10.2 Å². The van der Waals surface area contributed by atoms with Crippen molar-refractivity contribution < 1.29 is 0 Å². The molecule has 3 heterocycles. The molecule has 0 bridgehead atoms. The Hall–Kier alpha value is -1.85. The largest absolute Gasteiger partial charge is 0.356 e. The Morgan fingerprint density at radius 2 is 2.00 bits per heavy atom. The van der Waals surface area contributed by atoms with Crippen LogP contribution in [0.25, 0.3) is 11.0 Å². The second-order valence-corrected chi connectivity index (χ2v) is 5.33. The van der Waals surface area contributed by atoms with Gasteiger partial charge in [0.15, 0.2) is 5.65 Å². The molecule has 1 aliphatic rings. The molecule has 0 atom stereocenters. The number of aromatic amines is 1. The minimum absolute atomic E-state index is 0.697. The van der Waals surface area contributed by atoms with Crippen LogP contribution < -0.4 is 10.2 Å². The molecule has 0 aliphatic carbocycles. The lowest BCUT2D eigenvalue weighted by atomic mass is 10.2. The van der Waals surface area contributed by atoms with Gasteiger partial charge in [-0.05, 0) is 19.3 Å². The summed E-state index contributed by atoms with van der Waals surface area (Å²) in [6.45, 7) is 5.17. The van der Waals surface area contributed by atoms with E-state index in [0.29, 0.717) is 5.95 Å². The van der Waals surface area contributed by atoms with E-state index < -0.39 is 0 Å². The number of nitrogens with one attached hydrogen (secondary N) is 2. The van der Waals surface area contributed by atoms with Crippen LogP contribution in [0.1, 0.15) is 39.0 Å². The number of nitrogens with zero attached hydrogens (tertiary/aromatic N) is 4. The van der Waals surface area contributed by atoms with Gasteiger partial charge in [-0.1, -0.05) is 19.8 Å². The highest BCUT2D eigenvalue weighted by atomic mass is 15.3. The molecule has 2 aromatic rings. The summed E-state index contributed by atoms with van der Waals surface area (Å²) in [6.07, 6.45) is 8.00. The lowest BCUT2D eigenvalue weighted by molar-refractivity contribution is 0.726. The molecule has 1 fully saturated rings. The van der Waals surface area contributed by atoms with E-state index in [0.717, 1.165) is 42.9 Å². The van der Waals surface area contributed by atoms with Crippen molar-refractivity contribution >= 4 is 22.8 Å². The Morgan fingerprint density at radius 3 is 2.75 bits per heavy atom. The summed E-state index contributed by atoms with van der Waals surface area (Å²) in [5, 5.41) is 11.4. The number of aromatic nitrogens is 4. The zero-order valence-corrected chi connectivity index (χ0v) is 12.0. The summed E-state index contributed by atoms with van der Waals surface area (Å²) >= 11 is 0. The van der Waals surface area contributed by atoms with E-state index in [9.17, 15) is 0 Å². The molecule has 1 aliphatic heterocycles. The van der Waals surface area contributed by atoms with Crippen LogP contribution >= 0.6 is 0 Å². The molecule has 2 N–H and O–H groups in total. The van der Waals surface area contributed by atoms with Gasteiger partial charge in [0.1, 0.15) is 5.82 Å². The third-order valence-electron chi connectivity index (χ3n) is 3.73. The summed E-state index contributed by atoms with van der Waals surface area (Å²) in [7, 11) is 0. The molecule has 6 heteroatoms. The number of anilines is 2. The maximum atomic E-state index is 4.72. The molecule has 0 amide bonds.